The first-order valence-electron chi connectivity index (χ1n) is 6.97. The Morgan fingerprint density at radius 2 is 2.30 bits per heavy atom. The molecular formula is C16H18FNOS. The summed E-state index contributed by atoms with van der Waals surface area (Å²) in [6, 6.07) is 9.23. The summed E-state index contributed by atoms with van der Waals surface area (Å²) in [5.74, 6) is -0.157. The normalized spacial score (nSPS) is 18.6. The predicted octanol–water partition coefficient (Wildman–Crippen LogP) is 3.82. The van der Waals surface area contributed by atoms with Crippen LogP contribution in [0.2, 0.25) is 0 Å². The van der Waals surface area contributed by atoms with Gasteiger partial charge in [0.2, 0.25) is 0 Å². The highest BCUT2D eigenvalue weighted by Crippen LogP contribution is 2.28. The van der Waals surface area contributed by atoms with E-state index in [0.717, 1.165) is 43.0 Å². The molecule has 0 amide bonds. The maximum Gasteiger partial charge on any atom is 0.131 e. The van der Waals surface area contributed by atoms with Gasteiger partial charge < -0.3 is 10.1 Å². The molecule has 1 aliphatic rings. The molecule has 2 nitrogen and oxygen atoms in total. The van der Waals surface area contributed by atoms with Crippen molar-refractivity contribution in [1.82, 2.24) is 5.32 Å². The number of thiophene rings is 1. The molecule has 20 heavy (non-hydrogen) atoms. The van der Waals surface area contributed by atoms with Crippen LogP contribution in [0.5, 0.6) is 0 Å². The van der Waals surface area contributed by atoms with E-state index in [-0.39, 0.29) is 5.82 Å². The molecule has 1 aromatic carbocycles. The molecule has 1 atom stereocenters. The third-order valence-electron chi connectivity index (χ3n) is 3.54. The van der Waals surface area contributed by atoms with E-state index < -0.39 is 0 Å². The van der Waals surface area contributed by atoms with Gasteiger partial charge in [0.1, 0.15) is 5.82 Å². The van der Waals surface area contributed by atoms with Crippen LogP contribution in [-0.4, -0.2) is 19.3 Å². The van der Waals surface area contributed by atoms with Crippen molar-refractivity contribution in [3.05, 3.63) is 47.1 Å². The molecule has 1 aromatic heterocycles. The fraction of sp³-hybridized carbons (Fsp3) is 0.375. The van der Waals surface area contributed by atoms with E-state index in [4.69, 9.17) is 4.74 Å². The minimum absolute atomic E-state index is 0.157. The van der Waals surface area contributed by atoms with Crippen molar-refractivity contribution in [3.63, 3.8) is 0 Å². The minimum atomic E-state index is -0.157. The van der Waals surface area contributed by atoms with Gasteiger partial charge in [-0.2, -0.15) is 0 Å². The Kier molecular flexibility index (Phi) is 4.45. The Morgan fingerprint density at radius 1 is 1.35 bits per heavy atom. The summed E-state index contributed by atoms with van der Waals surface area (Å²) < 4.78 is 19.4. The zero-order chi connectivity index (χ0) is 13.8. The van der Waals surface area contributed by atoms with Gasteiger partial charge in [0, 0.05) is 30.1 Å². The van der Waals surface area contributed by atoms with E-state index in [0.29, 0.717) is 11.7 Å². The number of nitrogens with one attached hydrogen (secondary N) is 1. The lowest BCUT2D eigenvalue weighted by atomic mass is 10.1. The van der Waals surface area contributed by atoms with Crippen molar-refractivity contribution in [2.24, 2.45) is 0 Å². The Bertz CT molecular complexity index is 550. The van der Waals surface area contributed by atoms with Gasteiger partial charge in [0.25, 0.3) is 0 Å². The van der Waals surface area contributed by atoms with Crippen LogP contribution in [0.1, 0.15) is 18.4 Å². The number of hydrogen-bond acceptors (Lipinski definition) is 3. The Balaban J connectivity index is 1.63. The maximum absolute atomic E-state index is 13.9. The van der Waals surface area contributed by atoms with E-state index in [1.165, 1.54) is 0 Å². The van der Waals surface area contributed by atoms with Crippen LogP contribution in [0.25, 0.3) is 10.4 Å². The van der Waals surface area contributed by atoms with Gasteiger partial charge in [-0.3, -0.25) is 0 Å². The number of ether oxygens (including phenoxy) is 1. The van der Waals surface area contributed by atoms with E-state index in [2.05, 4.69) is 5.32 Å². The molecule has 0 saturated carbocycles. The average molecular weight is 291 g/mol. The number of halogens is 1. The first-order chi connectivity index (χ1) is 9.83. The van der Waals surface area contributed by atoms with Crippen molar-refractivity contribution in [1.29, 1.82) is 0 Å². The summed E-state index contributed by atoms with van der Waals surface area (Å²) in [4.78, 5) is 0.975. The van der Waals surface area contributed by atoms with Gasteiger partial charge >= 0.3 is 0 Å². The first kappa shape index (κ1) is 13.7. The Hall–Kier alpha value is -1.23. The van der Waals surface area contributed by atoms with Gasteiger partial charge in [-0.05, 0) is 42.0 Å². The zero-order valence-corrected chi connectivity index (χ0v) is 12.1. The molecule has 1 N–H and O–H groups in total. The minimum Gasteiger partial charge on any atom is -0.377 e. The summed E-state index contributed by atoms with van der Waals surface area (Å²) in [6.07, 6.45) is 2.63. The van der Waals surface area contributed by atoms with Gasteiger partial charge in [-0.15, -0.1) is 11.3 Å². The zero-order valence-electron chi connectivity index (χ0n) is 11.3. The third kappa shape index (κ3) is 3.26. The van der Waals surface area contributed by atoms with Crippen LogP contribution in [0.3, 0.4) is 0 Å². The summed E-state index contributed by atoms with van der Waals surface area (Å²) >= 11 is 1.56. The molecule has 4 heteroatoms. The third-order valence-corrected chi connectivity index (χ3v) is 4.45. The summed E-state index contributed by atoms with van der Waals surface area (Å²) in [5, 5.41) is 5.36. The lowest BCUT2D eigenvalue weighted by Gasteiger charge is -2.11. The lowest BCUT2D eigenvalue weighted by molar-refractivity contribution is 0.110. The number of rotatable bonds is 5. The molecule has 0 bridgehead atoms. The molecular weight excluding hydrogens is 273 g/mol. The highest BCUT2D eigenvalue weighted by atomic mass is 32.1. The van der Waals surface area contributed by atoms with E-state index in [1.54, 1.807) is 17.4 Å². The van der Waals surface area contributed by atoms with Crippen LogP contribution in [0, 0.1) is 5.82 Å². The van der Waals surface area contributed by atoms with E-state index in [9.17, 15) is 4.39 Å². The van der Waals surface area contributed by atoms with Crippen LogP contribution < -0.4 is 5.32 Å². The Morgan fingerprint density at radius 3 is 3.05 bits per heavy atom. The van der Waals surface area contributed by atoms with Crippen molar-refractivity contribution in [2.45, 2.75) is 25.5 Å². The van der Waals surface area contributed by atoms with Crippen LogP contribution in [0.4, 0.5) is 4.39 Å². The summed E-state index contributed by atoms with van der Waals surface area (Å²) in [7, 11) is 0. The molecule has 1 fully saturated rings. The van der Waals surface area contributed by atoms with E-state index in [1.807, 2.05) is 29.6 Å². The second-order valence-electron chi connectivity index (χ2n) is 5.06. The monoisotopic (exact) mass is 291 g/mol. The predicted molar refractivity (Wildman–Crippen MR) is 80.4 cm³/mol. The smallest absolute Gasteiger partial charge is 0.131 e. The topological polar surface area (TPSA) is 21.3 Å². The van der Waals surface area contributed by atoms with Crippen molar-refractivity contribution >= 4 is 11.3 Å². The van der Waals surface area contributed by atoms with Crippen molar-refractivity contribution in [2.75, 3.05) is 13.2 Å². The fourth-order valence-corrected chi connectivity index (χ4v) is 3.23. The standard InChI is InChI=1S/C16H18FNOS/c17-15-6-5-12(9-14(15)16-4-2-8-20-16)10-18-11-13-3-1-7-19-13/h2,4-6,8-9,13,18H,1,3,7,10-11H2. The molecule has 3 rings (SSSR count). The Labute approximate surface area is 122 Å². The molecule has 0 aliphatic carbocycles. The maximum atomic E-state index is 13.9. The van der Waals surface area contributed by atoms with Gasteiger partial charge in [-0.25, -0.2) is 4.39 Å². The highest BCUT2D eigenvalue weighted by molar-refractivity contribution is 7.13. The number of hydrogen-bond donors (Lipinski definition) is 1. The van der Waals surface area contributed by atoms with Crippen molar-refractivity contribution < 1.29 is 9.13 Å². The molecule has 0 radical (unpaired) electrons. The van der Waals surface area contributed by atoms with Gasteiger partial charge in [0.05, 0.1) is 6.10 Å². The van der Waals surface area contributed by atoms with Crippen LogP contribution in [-0.2, 0) is 11.3 Å². The fourth-order valence-electron chi connectivity index (χ4n) is 2.49. The van der Waals surface area contributed by atoms with Gasteiger partial charge in [0.15, 0.2) is 0 Å². The molecule has 1 aliphatic heterocycles. The first-order valence-corrected chi connectivity index (χ1v) is 7.85. The van der Waals surface area contributed by atoms with Crippen molar-refractivity contribution in [3.8, 4) is 10.4 Å². The summed E-state index contributed by atoms with van der Waals surface area (Å²) in [6.45, 7) is 2.50. The van der Waals surface area contributed by atoms with Crippen LogP contribution in [0.15, 0.2) is 35.7 Å². The molecule has 1 unspecified atom stereocenters. The van der Waals surface area contributed by atoms with E-state index >= 15 is 0 Å². The second-order valence-corrected chi connectivity index (χ2v) is 6.01. The highest BCUT2D eigenvalue weighted by Gasteiger charge is 2.14. The quantitative estimate of drug-likeness (QED) is 0.904. The lowest BCUT2D eigenvalue weighted by Crippen LogP contribution is -2.25. The molecule has 2 aromatic rings. The average Bonchev–Trinajstić information content (AvgIpc) is 3.13. The number of benzene rings is 1. The SMILES string of the molecule is Fc1ccc(CNCC2CCCO2)cc1-c1cccs1. The molecule has 2 heterocycles. The largest absolute Gasteiger partial charge is 0.377 e. The molecule has 106 valence electrons. The molecule has 0 spiro atoms. The van der Waals surface area contributed by atoms with Crippen LogP contribution >= 0.6 is 11.3 Å². The molecule has 1 saturated heterocycles. The van der Waals surface area contributed by atoms with Gasteiger partial charge in [-0.1, -0.05) is 12.1 Å². The summed E-state index contributed by atoms with van der Waals surface area (Å²) in [5.41, 5.74) is 1.80. The second kappa shape index (κ2) is 6.48.